The molecule has 8 fully saturated rings. The minimum absolute atomic E-state index is 0.0251. The number of fused-ring (bicyclic) bond motifs is 3. The van der Waals surface area contributed by atoms with Gasteiger partial charge < -0.3 is 109 Å². The first-order valence-electron chi connectivity index (χ1n) is 23.4. The van der Waals surface area contributed by atoms with Crippen LogP contribution in [0, 0.1) is 28.1 Å². The normalized spacial score (nSPS) is 54.5. The van der Waals surface area contributed by atoms with Crippen molar-refractivity contribution in [3.63, 3.8) is 0 Å². The summed E-state index contributed by atoms with van der Waals surface area (Å²) in [6.07, 6.45) is -29.1. The van der Waals surface area contributed by atoms with Crippen LogP contribution in [0.2, 0.25) is 0 Å². The van der Waals surface area contributed by atoms with Gasteiger partial charge in [-0.15, -0.1) is 0 Å². The summed E-state index contributed by atoms with van der Waals surface area (Å²) in [4.78, 5) is 14.3. The summed E-state index contributed by atoms with van der Waals surface area (Å²) < 4.78 is 48.2. The van der Waals surface area contributed by atoms with E-state index in [4.69, 9.17) is 37.9 Å². The van der Waals surface area contributed by atoms with Crippen molar-refractivity contribution in [2.24, 2.45) is 28.1 Å². The molecule has 0 aromatic rings. The molecule has 23 heteroatoms. The van der Waals surface area contributed by atoms with Crippen molar-refractivity contribution >= 4 is 5.97 Å². The van der Waals surface area contributed by atoms with E-state index >= 15 is 0 Å². The van der Waals surface area contributed by atoms with Crippen molar-refractivity contribution in [1.82, 2.24) is 0 Å². The fraction of sp³-hybridized carbons (Fsp3) is 0.932. The molecule has 0 amide bonds. The zero-order valence-electron chi connectivity index (χ0n) is 37.5. The Hall–Kier alpha value is -1.63. The van der Waals surface area contributed by atoms with E-state index in [0.717, 1.165) is 6.42 Å². The Balaban J connectivity index is 1.06. The van der Waals surface area contributed by atoms with Crippen molar-refractivity contribution in [2.75, 3.05) is 26.4 Å². The molecule has 1 spiro atoms. The molecule has 14 N–H and O–H groups in total. The molecular weight excluding hydrogens is 896 g/mol. The molecule has 0 unspecified atom stereocenters. The van der Waals surface area contributed by atoms with Gasteiger partial charge in [-0.05, 0) is 86.5 Å². The Morgan fingerprint density at radius 2 is 1.03 bits per heavy atom. The largest absolute Gasteiger partial charge is 0.432 e. The molecule has 4 aliphatic heterocycles. The lowest BCUT2D eigenvalue weighted by Crippen LogP contribution is -2.68. The molecule has 23 nitrogen and oxygen atoms in total. The molecule has 4 aliphatic carbocycles. The topological polar surface area (TPSA) is 374 Å². The maximum atomic E-state index is 14.3. The Labute approximate surface area is 386 Å². The highest BCUT2D eigenvalue weighted by atomic mass is 16.8. The molecule has 4 saturated carbocycles. The Bertz CT molecular complexity index is 1760. The first-order chi connectivity index (χ1) is 31.6. The SMILES string of the molecule is C=C1C[C@]23CC[C@@H]4[C@](C)(CCC[C@]4(C)C(=O)O[C@H]4O[C@@H](CO)[C@H](O)[C@@H](O)[C@@H]4O)[C@H]2CC[C@@]1(O[C@H]1O[C@@H](CO)[C@H](O)[C@@H](O[C@H]2O[C@@H](CO)[C@H](O)[C@@H](O)[C@@H]2O)[C@@H]1O[C@H]1O[C@@H](CO)[C@H](O)[C@@H](O)[C@@H]1O)C3. The molecule has 0 aromatic heterocycles. The van der Waals surface area contributed by atoms with Crippen LogP contribution in [0.15, 0.2) is 12.2 Å². The average molecular weight is 967 g/mol. The van der Waals surface area contributed by atoms with E-state index in [0.29, 0.717) is 56.9 Å². The molecule has 384 valence electrons. The highest BCUT2D eigenvalue weighted by molar-refractivity contribution is 5.77. The van der Waals surface area contributed by atoms with Crippen LogP contribution < -0.4 is 0 Å². The summed E-state index contributed by atoms with van der Waals surface area (Å²) in [7, 11) is 0. The van der Waals surface area contributed by atoms with Crippen LogP contribution in [0.1, 0.15) is 71.6 Å². The summed E-state index contributed by atoms with van der Waals surface area (Å²) >= 11 is 0. The number of aliphatic hydroxyl groups is 14. The van der Waals surface area contributed by atoms with Crippen molar-refractivity contribution in [3.05, 3.63) is 12.2 Å². The van der Waals surface area contributed by atoms with Crippen LogP contribution >= 0.6 is 0 Å². The van der Waals surface area contributed by atoms with Gasteiger partial charge in [-0.25, -0.2) is 0 Å². The highest BCUT2D eigenvalue weighted by Crippen LogP contribution is 2.74. The van der Waals surface area contributed by atoms with E-state index < -0.39 is 177 Å². The maximum Gasteiger partial charge on any atom is 0.314 e. The Kier molecular flexibility index (Phi) is 15.0. The summed E-state index contributed by atoms with van der Waals surface area (Å²) in [5.74, 6) is -0.805. The molecule has 8 aliphatic rings. The van der Waals surface area contributed by atoms with Gasteiger partial charge in [-0.2, -0.15) is 0 Å². The third-order valence-corrected chi connectivity index (χ3v) is 17.1. The lowest BCUT2D eigenvalue weighted by molar-refractivity contribution is -0.400. The number of esters is 1. The zero-order chi connectivity index (χ0) is 48.7. The fourth-order valence-corrected chi connectivity index (χ4v) is 13.5. The zero-order valence-corrected chi connectivity index (χ0v) is 37.5. The molecule has 4 heterocycles. The van der Waals surface area contributed by atoms with Gasteiger partial charge in [0.05, 0.1) is 37.4 Å². The van der Waals surface area contributed by atoms with Crippen molar-refractivity contribution in [2.45, 2.75) is 200 Å². The van der Waals surface area contributed by atoms with Crippen molar-refractivity contribution in [3.8, 4) is 0 Å². The van der Waals surface area contributed by atoms with Crippen LogP contribution in [-0.2, 0) is 42.7 Å². The van der Waals surface area contributed by atoms with Gasteiger partial charge in [0.2, 0.25) is 6.29 Å². The van der Waals surface area contributed by atoms with Gasteiger partial charge >= 0.3 is 5.97 Å². The van der Waals surface area contributed by atoms with Gasteiger partial charge in [-0.3, -0.25) is 4.79 Å². The van der Waals surface area contributed by atoms with E-state index in [1.807, 2.05) is 6.92 Å². The summed E-state index contributed by atoms with van der Waals surface area (Å²) in [5, 5.41) is 148. The minimum atomic E-state index is -1.95. The second-order valence-corrected chi connectivity index (χ2v) is 20.8. The molecule has 26 atom stereocenters. The van der Waals surface area contributed by atoms with Crippen molar-refractivity contribution in [1.29, 1.82) is 0 Å². The van der Waals surface area contributed by atoms with Gasteiger partial charge in [0.1, 0.15) is 97.7 Å². The molecule has 2 bridgehead atoms. The fourth-order valence-electron chi connectivity index (χ4n) is 13.5. The molecule has 8 rings (SSSR count). The molecule has 0 radical (unpaired) electrons. The van der Waals surface area contributed by atoms with E-state index in [1.54, 1.807) is 0 Å². The average Bonchev–Trinajstić information content (AvgIpc) is 3.50. The number of hydrogen-bond acceptors (Lipinski definition) is 23. The summed E-state index contributed by atoms with van der Waals surface area (Å²) in [6, 6.07) is 0. The van der Waals surface area contributed by atoms with E-state index in [9.17, 15) is 76.3 Å². The standard InChI is InChI=1S/C44H70O23/c1-17-11-43-9-5-22-41(2,7-4-8-42(22,3)40(59)66-38-33(58)30(55)26(51)20(14-47)62-38)23(43)6-10-44(17,16-43)67-39-35(65-37-32(57)29(54)25(50)19(13-46)61-37)34(27(52)21(15-48)63-39)64-36-31(56)28(53)24(49)18(12-45)60-36/h18-39,45-58H,1,4-16H2,2-3H3/t18-,19-,20-,21-,22+,23+,24-,25-,26-,27-,28+,29+,30+,31-,32-,33-,34+,35-,36+,37+,38+,39+,41-,42-,43-,44+/m0/s1. The van der Waals surface area contributed by atoms with E-state index in [-0.39, 0.29) is 11.8 Å². The molecule has 0 aromatic carbocycles. The Morgan fingerprint density at radius 3 is 1.57 bits per heavy atom. The summed E-state index contributed by atoms with van der Waals surface area (Å²) in [5.41, 5.74) is -2.33. The number of rotatable bonds is 12. The quantitative estimate of drug-likeness (QED) is 0.0494. The highest BCUT2D eigenvalue weighted by Gasteiger charge is 2.70. The molecule has 4 saturated heterocycles. The second-order valence-electron chi connectivity index (χ2n) is 20.8. The summed E-state index contributed by atoms with van der Waals surface area (Å²) in [6.45, 7) is 5.41. The van der Waals surface area contributed by atoms with E-state index in [2.05, 4.69) is 13.5 Å². The number of carbonyl (C=O) groups excluding carboxylic acids is 1. The van der Waals surface area contributed by atoms with Crippen LogP contribution in [0.4, 0.5) is 0 Å². The van der Waals surface area contributed by atoms with Crippen LogP contribution in [0.25, 0.3) is 0 Å². The third kappa shape index (κ3) is 8.63. The van der Waals surface area contributed by atoms with Crippen molar-refractivity contribution < 1.29 is 114 Å². The number of aliphatic hydroxyl groups excluding tert-OH is 14. The van der Waals surface area contributed by atoms with Crippen LogP contribution in [0.3, 0.4) is 0 Å². The van der Waals surface area contributed by atoms with Crippen LogP contribution in [0.5, 0.6) is 0 Å². The van der Waals surface area contributed by atoms with Gasteiger partial charge in [0.15, 0.2) is 18.9 Å². The smallest absolute Gasteiger partial charge is 0.314 e. The number of hydrogen-bond donors (Lipinski definition) is 14. The predicted octanol–water partition coefficient (Wildman–Crippen LogP) is -5.11. The lowest BCUT2D eigenvalue weighted by Gasteiger charge is -2.64. The first-order valence-corrected chi connectivity index (χ1v) is 23.4. The minimum Gasteiger partial charge on any atom is -0.432 e. The first kappa shape index (κ1) is 51.7. The molecular formula is C44H70O23. The maximum absolute atomic E-state index is 14.3. The molecule has 67 heavy (non-hydrogen) atoms. The van der Waals surface area contributed by atoms with Gasteiger partial charge in [0, 0.05) is 0 Å². The lowest BCUT2D eigenvalue weighted by atomic mass is 9.41. The number of carbonyl (C=O) groups is 1. The van der Waals surface area contributed by atoms with E-state index in [1.165, 1.54) is 0 Å². The van der Waals surface area contributed by atoms with Gasteiger partial charge in [0.25, 0.3) is 0 Å². The van der Waals surface area contributed by atoms with Crippen LogP contribution in [-0.4, -0.2) is 232 Å². The van der Waals surface area contributed by atoms with Gasteiger partial charge in [-0.1, -0.05) is 19.9 Å². The third-order valence-electron chi connectivity index (χ3n) is 17.1. The monoisotopic (exact) mass is 966 g/mol. The Morgan fingerprint density at radius 1 is 0.567 bits per heavy atom. The predicted molar refractivity (Wildman–Crippen MR) is 219 cm³/mol. The second kappa shape index (κ2) is 19.4. The number of ether oxygens (including phenoxy) is 8.